The third kappa shape index (κ3) is 6.39. The molecule has 0 heterocycles. The Balaban J connectivity index is 1.22. The Labute approximate surface area is 378 Å². The molecule has 0 saturated heterocycles. The zero-order chi connectivity index (χ0) is 43.1. The van der Waals surface area contributed by atoms with Crippen molar-refractivity contribution in [1.29, 1.82) is 0 Å². The van der Waals surface area contributed by atoms with Gasteiger partial charge in [0.1, 0.15) is 0 Å². The van der Waals surface area contributed by atoms with Crippen LogP contribution in [0.3, 0.4) is 0 Å². The summed E-state index contributed by atoms with van der Waals surface area (Å²) < 4.78 is 0. The zero-order valence-corrected chi connectivity index (χ0v) is 37.1. The minimum absolute atomic E-state index is 0.132. The van der Waals surface area contributed by atoms with Crippen LogP contribution in [0.25, 0.3) is 21.9 Å². The van der Waals surface area contributed by atoms with Crippen molar-refractivity contribution in [3.63, 3.8) is 0 Å². The van der Waals surface area contributed by atoms with Gasteiger partial charge in [-0.2, -0.15) is 0 Å². The fourth-order valence-corrected chi connectivity index (χ4v) is 15.5. The van der Waals surface area contributed by atoms with E-state index in [9.17, 15) is 0 Å². The van der Waals surface area contributed by atoms with Crippen molar-refractivity contribution in [2.75, 3.05) is 9.80 Å². The highest BCUT2D eigenvalue weighted by molar-refractivity contribution is 7.20. The Bertz CT molecular complexity index is 3210. The highest BCUT2D eigenvalue weighted by Gasteiger charge is 2.45. The molecule has 0 amide bonds. The van der Waals surface area contributed by atoms with Crippen LogP contribution < -0.4 is 30.5 Å². The van der Waals surface area contributed by atoms with Gasteiger partial charge in [0.25, 0.3) is 0 Å². The Kier molecular flexibility index (Phi) is 9.91. The van der Waals surface area contributed by atoms with Crippen molar-refractivity contribution in [3.8, 4) is 11.1 Å². The summed E-state index contributed by atoms with van der Waals surface area (Å²) in [6.45, 7) is 4.73. The van der Waals surface area contributed by atoms with E-state index in [1.807, 2.05) is 0 Å². The van der Waals surface area contributed by atoms with Crippen molar-refractivity contribution in [3.05, 3.63) is 266 Å². The molecule has 0 fully saturated rings. The lowest BCUT2D eigenvalue weighted by Gasteiger charge is -2.39. The number of hydrogen-bond acceptors (Lipinski definition) is 2. The first kappa shape index (κ1) is 39.1. The van der Waals surface area contributed by atoms with Crippen LogP contribution >= 0.6 is 0 Å². The van der Waals surface area contributed by atoms with Crippen LogP contribution in [0, 0.1) is 0 Å². The molecule has 10 aromatic carbocycles. The fourth-order valence-electron chi connectivity index (χ4n) is 10.5. The second-order valence-electron chi connectivity index (χ2n) is 17.3. The number of rotatable bonds is 10. The molecule has 0 aliphatic heterocycles. The highest BCUT2D eigenvalue weighted by Crippen LogP contribution is 2.54. The van der Waals surface area contributed by atoms with Crippen LogP contribution in [-0.2, 0) is 5.41 Å². The first-order valence-electron chi connectivity index (χ1n) is 22.3. The minimum Gasteiger partial charge on any atom is -0.310 e. The summed E-state index contributed by atoms with van der Waals surface area (Å²) in [6, 6.07) is 94.4. The zero-order valence-electron chi connectivity index (χ0n) is 36.1. The van der Waals surface area contributed by atoms with Gasteiger partial charge >= 0.3 is 0 Å². The average Bonchev–Trinajstić information content (AvgIpc) is 3.60. The van der Waals surface area contributed by atoms with Crippen LogP contribution in [0.5, 0.6) is 0 Å². The molecule has 11 rings (SSSR count). The molecule has 0 radical (unpaired) electrons. The largest absolute Gasteiger partial charge is 0.310 e. The third-order valence-electron chi connectivity index (χ3n) is 13.4. The molecule has 0 bridgehead atoms. The van der Waals surface area contributed by atoms with Gasteiger partial charge in [-0.1, -0.05) is 214 Å². The van der Waals surface area contributed by atoms with Gasteiger partial charge < -0.3 is 9.80 Å². The maximum absolute atomic E-state index is 3.19. The van der Waals surface area contributed by atoms with Crippen LogP contribution in [0.4, 0.5) is 34.1 Å². The highest BCUT2D eigenvalue weighted by atomic mass is 28.3. The van der Waals surface area contributed by atoms with Crippen LogP contribution in [0.2, 0.25) is 0 Å². The summed E-state index contributed by atoms with van der Waals surface area (Å²) in [5.74, 6) is 0. The second-order valence-corrected chi connectivity index (χ2v) is 21.0. The summed E-state index contributed by atoms with van der Waals surface area (Å²) in [5, 5.41) is 7.66. The summed E-state index contributed by atoms with van der Waals surface area (Å²) in [4.78, 5) is 4.99. The van der Waals surface area contributed by atoms with Crippen molar-refractivity contribution in [2.24, 2.45) is 0 Å². The van der Waals surface area contributed by atoms with Crippen LogP contribution in [0.15, 0.2) is 255 Å². The molecule has 0 unspecified atom stereocenters. The molecular weight excluding hydrogens is 789 g/mol. The van der Waals surface area contributed by atoms with Gasteiger partial charge in [-0.15, -0.1) is 0 Å². The topological polar surface area (TPSA) is 6.48 Å². The lowest BCUT2D eigenvalue weighted by molar-refractivity contribution is 0.660. The Hall–Kier alpha value is -7.72. The van der Waals surface area contributed by atoms with Gasteiger partial charge in [0.05, 0.1) is 11.4 Å². The van der Waals surface area contributed by atoms with Crippen molar-refractivity contribution >= 4 is 73.7 Å². The molecule has 0 spiro atoms. The van der Waals surface area contributed by atoms with Crippen molar-refractivity contribution < 1.29 is 0 Å². The number of benzene rings is 10. The van der Waals surface area contributed by atoms with Gasteiger partial charge in [-0.25, -0.2) is 0 Å². The van der Waals surface area contributed by atoms with Crippen LogP contribution in [-0.4, -0.2) is 8.07 Å². The molecule has 3 heteroatoms. The number of para-hydroxylation sites is 3. The molecule has 2 nitrogen and oxygen atoms in total. The van der Waals surface area contributed by atoms with E-state index >= 15 is 0 Å². The number of anilines is 6. The molecule has 0 atom stereocenters. The van der Waals surface area contributed by atoms with E-state index in [4.69, 9.17) is 0 Å². The minimum atomic E-state index is -3.19. The predicted molar refractivity (Wildman–Crippen MR) is 274 cm³/mol. The quantitative estimate of drug-likeness (QED) is 0.100. The maximum atomic E-state index is 2.51. The van der Waals surface area contributed by atoms with Gasteiger partial charge in [0.15, 0.2) is 8.07 Å². The number of nitrogens with zero attached hydrogens (tertiary/aromatic N) is 2. The molecule has 0 aromatic heterocycles. The second kappa shape index (κ2) is 16.2. The van der Waals surface area contributed by atoms with Gasteiger partial charge in [-0.3, -0.25) is 0 Å². The summed E-state index contributed by atoms with van der Waals surface area (Å²) in [5.41, 5.74) is 12.0. The normalized spacial score (nSPS) is 12.7. The lowest BCUT2D eigenvalue weighted by Crippen LogP contribution is -2.75. The predicted octanol–water partition coefficient (Wildman–Crippen LogP) is 13.5. The Morgan fingerprint density at radius 1 is 0.344 bits per heavy atom. The third-order valence-corrected chi connectivity index (χ3v) is 18.2. The summed E-state index contributed by atoms with van der Waals surface area (Å²) in [7, 11) is -3.19. The first-order valence-corrected chi connectivity index (χ1v) is 24.3. The Morgan fingerprint density at radius 2 is 0.812 bits per heavy atom. The van der Waals surface area contributed by atoms with E-state index in [-0.39, 0.29) is 5.41 Å². The molecule has 306 valence electrons. The molecule has 0 N–H and O–H groups in total. The molecular formula is C61H48N2Si. The SMILES string of the molecule is CC1(C)c2ccccc2-c2c(N(c3ccccc3)c3cccc([Si](c4ccccc4)(c4ccccc4)c4ccccc4N(c4ccccc4)c4cccc5ccccc45)c3)cccc21. The summed E-state index contributed by atoms with van der Waals surface area (Å²) >= 11 is 0. The standard InChI is InChI=1S/C61H48N2Si/c1-61(2)54-38-18-17-37-53(54)60-55(61)39-23-42-58(60)62(46-26-7-3-8-27-46)48-30-22-35-51(44-48)64(49-31-11-5-12-32-49,50-33-13-6-14-34-50)59-43-20-19-40-57(59)63(47-28-9-4-10-29-47)56-41-21-25-45-24-15-16-36-52(45)56/h3-44H,1-2H3. The molecule has 64 heavy (non-hydrogen) atoms. The Morgan fingerprint density at radius 3 is 1.53 bits per heavy atom. The average molecular weight is 837 g/mol. The van der Waals surface area contributed by atoms with E-state index in [1.54, 1.807) is 0 Å². The van der Waals surface area contributed by atoms with Crippen LogP contribution in [0.1, 0.15) is 25.0 Å². The van der Waals surface area contributed by atoms with Crippen molar-refractivity contribution in [1.82, 2.24) is 0 Å². The lowest BCUT2D eigenvalue weighted by atomic mass is 9.82. The van der Waals surface area contributed by atoms with Gasteiger partial charge in [0.2, 0.25) is 0 Å². The smallest absolute Gasteiger partial charge is 0.181 e. The molecule has 1 aliphatic rings. The summed E-state index contributed by atoms with van der Waals surface area (Å²) in [6.07, 6.45) is 0. The first-order chi connectivity index (χ1) is 31.5. The maximum Gasteiger partial charge on any atom is 0.181 e. The van der Waals surface area contributed by atoms with E-state index in [2.05, 4.69) is 278 Å². The molecule has 10 aromatic rings. The molecule has 0 saturated carbocycles. The van der Waals surface area contributed by atoms with E-state index in [0.717, 1.165) is 28.4 Å². The van der Waals surface area contributed by atoms with Gasteiger partial charge in [0, 0.05) is 39.1 Å². The van der Waals surface area contributed by atoms with Crippen molar-refractivity contribution in [2.45, 2.75) is 19.3 Å². The number of fused-ring (bicyclic) bond motifs is 4. The van der Waals surface area contributed by atoms with E-state index < -0.39 is 8.07 Å². The van der Waals surface area contributed by atoms with E-state index in [0.29, 0.717) is 0 Å². The number of hydrogen-bond donors (Lipinski definition) is 0. The van der Waals surface area contributed by atoms with Gasteiger partial charge in [-0.05, 0) is 97.4 Å². The monoisotopic (exact) mass is 836 g/mol. The fraction of sp³-hybridized carbons (Fsp3) is 0.0492. The van der Waals surface area contributed by atoms with E-state index in [1.165, 1.54) is 59.5 Å². The molecule has 1 aliphatic carbocycles.